The Bertz CT molecular complexity index is 1020. The van der Waals surface area contributed by atoms with Crippen LogP contribution in [0.2, 0.25) is 0 Å². The molecule has 1 aliphatic heterocycles. The van der Waals surface area contributed by atoms with E-state index in [4.69, 9.17) is 0 Å². The first-order chi connectivity index (χ1) is 14.3. The van der Waals surface area contributed by atoms with Crippen molar-refractivity contribution in [2.75, 3.05) is 35.8 Å². The third-order valence-electron chi connectivity index (χ3n) is 4.97. The SMILES string of the molecule is CCN(c1ccccc1)S(=O)(=O)c1ccc(NCC(=O)N2CCCC2)c([N+](=O)[O-])c1. The van der Waals surface area contributed by atoms with Gasteiger partial charge < -0.3 is 10.2 Å². The fraction of sp³-hybridized carbons (Fsp3) is 0.350. The zero-order chi connectivity index (χ0) is 21.7. The van der Waals surface area contributed by atoms with Crippen LogP contribution < -0.4 is 9.62 Å². The van der Waals surface area contributed by atoms with Crippen LogP contribution in [-0.2, 0) is 14.8 Å². The number of para-hydroxylation sites is 1. The van der Waals surface area contributed by atoms with E-state index in [1.165, 1.54) is 16.4 Å². The Morgan fingerprint density at radius 3 is 2.43 bits per heavy atom. The molecular weight excluding hydrogens is 408 g/mol. The number of sulfonamides is 1. The lowest BCUT2D eigenvalue weighted by molar-refractivity contribution is -0.384. The highest BCUT2D eigenvalue weighted by Crippen LogP contribution is 2.30. The smallest absolute Gasteiger partial charge is 0.293 e. The van der Waals surface area contributed by atoms with E-state index in [1.807, 2.05) is 0 Å². The molecule has 0 atom stereocenters. The molecule has 0 aliphatic carbocycles. The van der Waals surface area contributed by atoms with Crippen LogP contribution in [0, 0.1) is 10.1 Å². The minimum atomic E-state index is -4.00. The summed E-state index contributed by atoms with van der Waals surface area (Å²) < 4.78 is 27.4. The van der Waals surface area contributed by atoms with Crippen molar-refractivity contribution in [3.63, 3.8) is 0 Å². The predicted molar refractivity (Wildman–Crippen MR) is 114 cm³/mol. The van der Waals surface area contributed by atoms with Gasteiger partial charge in [-0.1, -0.05) is 18.2 Å². The number of nitrogens with zero attached hydrogens (tertiary/aromatic N) is 3. The molecule has 0 radical (unpaired) electrons. The van der Waals surface area contributed by atoms with Gasteiger partial charge in [0.15, 0.2) is 0 Å². The Kier molecular flexibility index (Phi) is 6.56. The number of likely N-dealkylation sites (tertiary alicyclic amines) is 1. The molecule has 160 valence electrons. The van der Waals surface area contributed by atoms with Gasteiger partial charge in [-0.05, 0) is 44.0 Å². The summed E-state index contributed by atoms with van der Waals surface area (Å²) in [5.41, 5.74) is 0.185. The summed E-state index contributed by atoms with van der Waals surface area (Å²) in [5.74, 6) is -0.139. The molecule has 0 bridgehead atoms. The predicted octanol–water partition coefficient (Wildman–Crippen LogP) is 2.84. The summed E-state index contributed by atoms with van der Waals surface area (Å²) in [4.78, 5) is 24.6. The van der Waals surface area contributed by atoms with Gasteiger partial charge in [0.2, 0.25) is 5.91 Å². The van der Waals surface area contributed by atoms with Crippen LogP contribution in [0.1, 0.15) is 19.8 Å². The number of hydrogen-bond acceptors (Lipinski definition) is 6. The van der Waals surface area contributed by atoms with E-state index in [0.717, 1.165) is 18.9 Å². The third-order valence-corrected chi connectivity index (χ3v) is 6.87. The van der Waals surface area contributed by atoms with Crippen molar-refractivity contribution in [2.45, 2.75) is 24.7 Å². The maximum Gasteiger partial charge on any atom is 0.293 e. The molecule has 1 fully saturated rings. The molecule has 0 unspecified atom stereocenters. The lowest BCUT2D eigenvalue weighted by atomic mass is 10.2. The van der Waals surface area contributed by atoms with E-state index in [9.17, 15) is 23.3 Å². The summed E-state index contributed by atoms with van der Waals surface area (Å²) in [7, 11) is -4.00. The summed E-state index contributed by atoms with van der Waals surface area (Å²) >= 11 is 0. The Balaban J connectivity index is 1.86. The molecule has 0 aromatic heterocycles. The van der Waals surface area contributed by atoms with Gasteiger partial charge in [-0.2, -0.15) is 0 Å². The number of rotatable bonds is 8. The van der Waals surface area contributed by atoms with Gasteiger partial charge in [0, 0.05) is 25.7 Å². The molecule has 0 saturated carbocycles. The second-order valence-corrected chi connectivity index (χ2v) is 8.75. The molecular formula is C20H24N4O5S. The van der Waals surface area contributed by atoms with Crippen molar-refractivity contribution in [1.29, 1.82) is 0 Å². The Hall–Kier alpha value is -3.14. The molecule has 2 aromatic rings. The number of benzene rings is 2. The molecule has 1 heterocycles. The van der Waals surface area contributed by atoms with Crippen molar-refractivity contribution in [1.82, 2.24) is 4.90 Å². The molecule has 3 rings (SSSR count). The minimum Gasteiger partial charge on any atom is -0.371 e. The van der Waals surface area contributed by atoms with E-state index in [-0.39, 0.29) is 29.6 Å². The van der Waals surface area contributed by atoms with Gasteiger partial charge in [0.1, 0.15) is 5.69 Å². The second kappa shape index (κ2) is 9.12. The molecule has 0 spiro atoms. The van der Waals surface area contributed by atoms with Crippen LogP contribution in [0.3, 0.4) is 0 Å². The van der Waals surface area contributed by atoms with Crippen LogP contribution in [0.15, 0.2) is 53.4 Å². The molecule has 2 aromatic carbocycles. The normalized spacial score (nSPS) is 13.8. The molecule has 30 heavy (non-hydrogen) atoms. The first-order valence-electron chi connectivity index (χ1n) is 9.72. The van der Waals surface area contributed by atoms with Crippen LogP contribution in [0.25, 0.3) is 0 Å². The van der Waals surface area contributed by atoms with Gasteiger partial charge in [0.25, 0.3) is 15.7 Å². The summed E-state index contributed by atoms with van der Waals surface area (Å²) in [6, 6.07) is 12.2. The van der Waals surface area contributed by atoms with Crippen LogP contribution in [-0.4, -0.2) is 50.3 Å². The quantitative estimate of drug-likeness (QED) is 0.507. The number of nitro groups is 1. The average Bonchev–Trinajstić information content (AvgIpc) is 3.28. The first kappa shape index (κ1) is 21.6. The molecule has 10 heteroatoms. The number of anilines is 2. The summed E-state index contributed by atoms with van der Waals surface area (Å²) in [5, 5.41) is 14.4. The van der Waals surface area contributed by atoms with Gasteiger partial charge in [-0.3, -0.25) is 19.2 Å². The van der Waals surface area contributed by atoms with E-state index >= 15 is 0 Å². The van der Waals surface area contributed by atoms with Crippen molar-refractivity contribution in [3.8, 4) is 0 Å². The highest BCUT2D eigenvalue weighted by atomic mass is 32.2. The Morgan fingerprint density at radius 1 is 1.17 bits per heavy atom. The highest BCUT2D eigenvalue weighted by molar-refractivity contribution is 7.92. The second-order valence-electron chi connectivity index (χ2n) is 6.88. The zero-order valence-electron chi connectivity index (χ0n) is 16.7. The van der Waals surface area contributed by atoms with Crippen LogP contribution in [0.5, 0.6) is 0 Å². The molecule has 1 amide bonds. The lowest BCUT2D eigenvalue weighted by Gasteiger charge is -2.23. The van der Waals surface area contributed by atoms with E-state index in [1.54, 1.807) is 42.2 Å². The van der Waals surface area contributed by atoms with E-state index in [2.05, 4.69) is 5.32 Å². The summed E-state index contributed by atoms with van der Waals surface area (Å²) in [6.07, 6.45) is 1.90. The first-order valence-corrected chi connectivity index (χ1v) is 11.2. The zero-order valence-corrected chi connectivity index (χ0v) is 17.5. The molecule has 1 aliphatic rings. The number of nitro benzene ring substituents is 1. The molecule has 1 N–H and O–H groups in total. The van der Waals surface area contributed by atoms with Crippen molar-refractivity contribution >= 4 is 33.0 Å². The maximum atomic E-state index is 13.1. The monoisotopic (exact) mass is 432 g/mol. The summed E-state index contributed by atoms with van der Waals surface area (Å²) in [6.45, 7) is 3.15. The van der Waals surface area contributed by atoms with Gasteiger partial charge in [-0.25, -0.2) is 8.42 Å². The Morgan fingerprint density at radius 2 is 1.83 bits per heavy atom. The lowest BCUT2D eigenvalue weighted by Crippen LogP contribution is -2.33. The van der Waals surface area contributed by atoms with E-state index in [0.29, 0.717) is 18.8 Å². The van der Waals surface area contributed by atoms with Gasteiger partial charge in [-0.15, -0.1) is 0 Å². The van der Waals surface area contributed by atoms with Crippen LogP contribution in [0.4, 0.5) is 17.1 Å². The highest BCUT2D eigenvalue weighted by Gasteiger charge is 2.27. The molecule has 9 nitrogen and oxygen atoms in total. The number of nitrogens with one attached hydrogen (secondary N) is 1. The fourth-order valence-electron chi connectivity index (χ4n) is 3.43. The van der Waals surface area contributed by atoms with Gasteiger partial charge >= 0.3 is 0 Å². The fourth-order valence-corrected chi connectivity index (χ4v) is 4.93. The average molecular weight is 433 g/mol. The minimum absolute atomic E-state index is 0.0853. The maximum absolute atomic E-state index is 13.1. The Labute approximate surface area is 175 Å². The number of carbonyl (C=O) groups is 1. The van der Waals surface area contributed by atoms with Crippen molar-refractivity contribution in [3.05, 3.63) is 58.6 Å². The van der Waals surface area contributed by atoms with Crippen molar-refractivity contribution < 1.29 is 18.1 Å². The number of carbonyl (C=O) groups excluding carboxylic acids is 1. The number of amides is 1. The standard InChI is InChI=1S/C20H24N4O5S/c1-2-23(16-8-4-3-5-9-16)30(28,29)17-10-11-18(19(14-17)24(26)27)21-15-20(25)22-12-6-7-13-22/h3-5,8-11,14,21H,2,6-7,12-13,15H2,1H3. The van der Waals surface area contributed by atoms with Crippen LogP contribution >= 0.6 is 0 Å². The van der Waals surface area contributed by atoms with Crippen molar-refractivity contribution in [2.24, 2.45) is 0 Å². The topological polar surface area (TPSA) is 113 Å². The van der Waals surface area contributed by atoms with Gasteiger partial charge in [0.05, 0.1) is 22.1 Å². The largest absolute Gasteiger partial charge is 0.371 e. The number of hydrogen-bond donors (Lipinski definition) is 1. The molecule has 1 saturated heterocycles. The third kappa shape index (κ3) is 4.54. The van der Waals surface area contributed by atoms with E-state index < -0.39 is 20.6 Å².